The molecule has 4 rings (SSSR count). The highest BCUT2D eigenvalue weighted by Crippen LogP contribution is 2.44. The molecule has 172 valence electrons. The van der Waals surface area contributed by atoms with E-state index in [0.717, 1.165) is 27.2 Å². The van der Waals surface area contributed by atoms with Gasteiger partial charge in [0.05, 0.1) is 0 Å². The molecule has 0 aliphatic heterocycles. The first-order valence-electron chi connectivity index (χ1n) is 10.8. The number of carboxylic acid groups (broad SMARTS) is 1. The summed E-state index contributed by atoms with van der Waals surface area (Å²) in [6, 6.07) is 22.4. The monoisotopic (exact) mass is 456 g/mol. The van der Waals surface area contributed by atoms with Gasteiger partial charge in [-0.15, -0.1) is 6.58 Å². The van der Waals surface area contributed by atoms with Crippen LogP contribution in [0.5, 0.6) is 0 Å². The standard InChI is InChI=1S/C27H24N2O5/c1-2-14-29(16-25(30)31)26(32)18-8-7-9-19(15-18)28-27(33)34-17-24-22-12-5-3-10-20(22)21-11-4-6-13-23(21)24/h2-13,15,24H,1,14,16-17H2,(H,28,33)(H,30,31). The van der Waals surface area contributed by atoms with E-state index in [2.05, 4.69) is 24.0 Å². The van der Waals surface area contributed by atoms with Crippen LogP contribution in [-0.2, 0) is 9.53 Å². The van der Waals surface area contributed by atoms with E-state index in [1.165, 1.54) is 12.1 Å². The molecular weight excluding hydrogens is 432 g/mol. The average molecular weight is 456 g/mol. The van der Waals surface area contributed by atoms with Crippen LogP contribution in [0.3, 0.4) is 0 Å². The minimum absolute atomic E-state index is 0.0606. The summed E-state index contributed by atoms with van der Waals surface area (Å²) in [4.78, 5) is 37.5. The van der Waals surface area contributed by atoms with E-state index in [4.69, 9.17) is 9.84 Å². The largest absolute Gasteiger partial charge is 0.480 e. The normalized spacial score (nSPS) is 11.8. The van der Waals surface area contributed by atoms with Crippen molar-refractivity contribution >= 4 is 23.7 Å². The molecule has 0 atom stereocenters. The van der Waals surface area contributed by atoms with Crippen LogP contribution in [0.1, 0.15) is 27.4 Å². The molecule has 0 heterocycles. The van der Waals surface area contributed by atoms with Gasteiger partial charge in [-0.3, -0.25) is 14.9 Å². The second-order valence-corrected chi connectivity index (χ2v) is 7.90. The van der Waals surface area contributed by atoms with Gasteiger partial charge in [0.2, 0.25) is 0 Å². The van der Waals surface area contributed by atoms with Gasteiger partial charge in [-0.2, -0.15) is 0 Å². The molecule has 0 unspecified atom stereocenters. The Morgan fingerprint density at radius 3 is 2.24 bits per heavy atom. The fourth-order valence-corrected chi connectivity index (χ4v) is 4.20. The number of aliphatic carboxylic acids is 1. The number of fused-ring (bicyclic) bond motifs is 3. The number of carboxylic acids is 1. The van der Waals surface area contributed by atoms with E-state index in [0.29, 0.717) is 5.69 Å². The highest BCUT2D eigenvalue weighted by molar-refractivity contribution is 5.97. The first-order chi connectivity index (χ1) is 16.5. The molecule has 0 saturated heterocycles. The molecule has 1 aliphatic rings. The molecule has 3 aromatic carbocycles. The third kappa shape index (κ3) is 4.83. The summed E-state index contributed by atoms with van der Waals surface area (Å²) in [6.45, 7) is 3.38. The summed E-state index contributed by atoms with van der Waals surface area (Å²) in [5, 5.41) is 11.7. The Morgan fingerprint density at radius 1 is 0.971 bits per heavy atom. The molecule has 0 bridgehead atoms. The lowest BCUT2D eigenvalue weighted by atomic mass is 9.98. The number of carbonyl (C=O) groups excluding carboxylic acids is 2. The number of nitrogens with one attached hydrogen (secondary N) is 1. The summed E-state index contributed by atoms with van der Waals surface area (Å²) >= 11 is 0. The van der Waals surface area contributed by atoms with Crippen molar-refractivity contribution in [3.8, 4) is 11.1 Å². The molecular formula is C27H24N2O5. The zero-order chi connectivity index (χ0) is 24.1. The van der Waals surface area contributed by atoms with Crippen molar-refractivity contribution in [1.82, 2.24) is 4.90 Å². The minimum atomic E-state index is -1.12. The summed E-state index contributed by atoms with van der Waals surface area (Å²) < 4.78 is 5.55. The van der Waals surface area contributed by atoms with Gasteiger partial charge in [-0.05, 0) is 40.5 Å². The minimum Gasteiger partial charge on any atom is -0.480 e. The van der Waals surface area contributed by atoms with Crippen LogP contribution < -0.4 is 5.32 Å². The Balaban J connectivity index is 1.43. The molecule has 34 heavy (non-hydrogen) atoms. The molecule has 0 fully saturated rings. The van der Waals surface area contributed by atoms with E-state index in [1.807, 2.05) is 36.4 Å². The number of anilines is 1. The highest BCUT2D eigenvalue weighted by Gasteiger charge is 2.29. The zero-order valence-corrected chi connectivity index (χ0v) is 18.4. The number of ether oxygens (including phenoxy) is 1. The number of hydrogen-bond acceptors (Lipinski definition) is 4. The third-order valence-electron chi connectivity index (χ3n) is 5.66. The quantitative estimate of drug-likeness (QED) is 0.477. The maximum Gasteiger partial charge on any atom is 0.411 e. The zero-order valence-electron chi connectivity index (χ0n) is 18.4. The first kappa shape index (κ1) is 22.8. The van der Waals surface area contributed by atoms with Gasteiger partial charge < -0.3 is 14.7 Å². The predicted octanol–water partition coefficient (Wildman–Crippen LogP) is 4.76. The number of rotatable bonds is 8. The van der Waals surface area contributed by atoms with Gasteiger partial charge in [0, 0.05) is 23.7 Å². The Labute approximate surface area is 197 Å². The summed E-state index contributed by atoms with van der Waals surface area (Å²) in [5.74, 6) is -1.66. The maximum absolute atomic E-state index is 12.7. The molecule has 7 nitrogen and oxygen atoms in total. The Bertz CT molecular complexity index is 1210. The van der Waals surface area contributed by atoms with Crippen molar-refractivity contribution in [2.75, 3.05) is 25.0 Å². The van der Waals surface area contributed by atoms with E-state index < -0.39 is 24.5 Å². The molecule has 3 aromatic rings. The van der Waals surface area contributed by atoms with Crippen LogP contribution in [0.2, 0.25) is 0 Å². The van der Waals surface area contributed by atoms with Crippen molar-refractivity contribution in [2.24, 2.45) is 0 Å². The summed E-state index contributed by atoms with van der Waals surface area (Å²) in [7, 11) is 0. The second kappa shape index (κ2) is 10.0. The SMILES string of the molecule is C=CCN(CC(=O)O)C(=O)c1cccc(NC(=O)OCC2c3ccccc3-c3ccccc32)c1. The molecule has 0 radical (unpaired) electrons. The van der Waals surface area contributed by atoms with Crippen LogP contribution in [-0.4, -0.2) is 47.7 Å². The third-order valence-corrected chi connectivity index (χ3v) is 5.66. The first-order valence-corrected chi connectivity index (χ1v) is 10.8. The smallest absolute Gasteiger partial charge is 0.411 e. The number of hydrogen-bond donors (Lipinski definition) is 2. The van der Waals surface area contributed by atoms with Crippen molar-refractivity contribution < 1.29 is 24.2 Å². The molecule has 1 aliphatic carbocycles. The molecule has 0 aromatic heterocycles. The molecule has 0 spiro atoms. The van der Waals surface area contributed by atoms with Crippen LogP contribution in [0, 0.1) is 0 Å². The van der Waals surface area contributed by atoms with E-state index in [9.17, 15) is 14.4 Å². The van der Waals surface area contributed by atoms with Crippen LogP contribution in [0.4, 0.5) is 10.5 Å². The van der Waals surface area contributed by atoms with Crippen molar-refractivity contribution in [2.45, 2.75) is 5.92 Å². The van der Waals surface area contributed by atoms with E-state index in [-0.39, 0.29) is 24.6 Å². The van der Waals surface area contributed by atoms with Gasteiger partial charge in [0.1, 0.15) is 13.2 Å². The number of amides is 2. The highest BCUT2D eigenvalue weighted by atomic mass is 16.5. The maximum atomic E-state index is 12.7. The second-order valence-electron chi connectivity index (χ2n) is 7.90. The number of benzene rings is 3. The molecule has 2 amide bonds. The van der Waals surface area contributed by atoms with E-state index >= 15 is 0 Å². The van der Waals surface area contributed by atoms with Gasteiger partial charge in [0.25, 0.3) is 5.91 Å². The van der Waals surface area contributed by atoms with Gasteiger partial charge in [-0.25, -0.2) is 4.79 Å². The van der Waals surface area contributed by atoms with Gasteiger partial charge in [0.15, 0.2) is 0 Å². The molecule has 2 N–H and O–H groups in total. The van der Waals surface area contributed by atoms with Gasteiger partial charge >= 0.3 is 12.1 Å². The Morgan fingerprint density at radius 2 is 1.62 bits per heavy atom. The molecule has 7 heteroatoms. The van der Waals surface area contributed by atoms with E-state index in [1.54, 1.807) is 18.2 Å². The number of carbonyl (C=O) groups is 3. The summed E-state index contributed by atoms with van der Waals surface area (Å²) in [6.07, 6.45) is 0.819. The van der Waals surface area contributed by atoms with Crippen LogP contribution in [0.15, 0.2) is 85.5 Å². The molecule has 0 saturated carbocycles. The summed E-state index contributed by atoms with van der Waals surface area (Å²) in [5.41, 5.74) is 5.14. The lowest BCUT2D eigenvalue weighted by molar-refractivity contribution is -0.137. The lowest BCUT2D eigenvalue weighted by Crippen LogP contribution is -2.35. The van der Waals surface area contributed by atoms with Crippen molar-refractivity contribution in [3.05, 3.63) is 102 Å². The Kier molecular flexibility index (Phi) is 6.73. The van der Waals surface area contributed by atoms with Gasteiger partial charge in [-0.1, -0.05) is 60.7 Å². The van der Waals surface area contributed by atoms with Crippen LogP contribution in [0.25, 0.3) is 11.1 Å². The Hall–Kier alpha value is -4.39. The lowest BCUT2D eigenvalue weighted by Gasteiger charge is -2.19. The fraction of sp³-hybridized carbons (Fsp3) is 0.148. The van der Waals surface area contributed by atoms with Crippen molar-refractivity contribution in [3.63, 3.8) is 0 Å². The average Bonchev–Trinajstić information content (AvgIpc) is 3.16. The van der Waals surface area contributed by atoms with Crippen LogP contribution >= 0.6 is 0 Å². The fourth-order valence-electron chi connectivity index (χ4n) is 4.20. The topological polar surface area (TPSA) is 95.9 Å². The van der Waals surface area contributed by atoms with Crippen molar-refractivity contribution in [1.29, 1.82) is 0 Å². The number of nitrogens with zero attached hydrogens (tertiary/aromatic N) is 1. The predicted molar refractivity (Wildman–Crippen MR) is 129 cm³/mol.